The van der Waals surface area contributed by atoms with Gasteiger partial charge in [-0.15, -0.1) is 0 Å². The summed E-state index contributed by atoms with van der Waals surface area (Å²) < 4.78 is 0. The van der Waals surface area contributed by atoms with Crippen molar-refractivity contribution in [3.63, 3.8) is 0 Å². The number of rotatable bonds is 3. The predicted molar refractivity (Wildman–Crippen MR) is 120 cm³/mol. The Hall–Kier alpha value is -3.06. The Morgan fingerprint density at radius 1 is 1.21 bits per heavy atom. The molecule has 1 aliphatic rings. The minimum atomic E-state index is -0.389. The second-order valence-electron chi connectivity index (χ2n) is 8.72. The number of hydrogen-bond acceptors (Lipinski definition) is 3. The predicted octanol–water partition coefficient (Wildman–Crippen LogP) is 5.57. The number of carbonyl (C=O) groups is 1. The molecule has 1 N–H and O–H groups in total. The SMILES string of the molecule is Cc1ccc(NC(=O)/C(C#N)=C/c2ccc3c(c2)C(C)CC(C)(C)N3C)cc1C. The van der Waals surface area contributed by atoms with Crippen molar-refractivity contribution in [2.24, 2.45) is 0 Å². The summed E-state index contributed by atoms with van der Waals surface area (Å²) in [6.45, 7) is 10.8. The normalized spacial score (nSPS) is 18.0. The lowest BCUT2D eigenvalue weighted by molar-refractivity contribution is -0.112. The van der Waals surface area contributed by atoms with Crippen LogP contribution in [0, 0.1) is 25.2 Å². The molecule has 0 bridgehead atoms. The molecule has 4 nitrogen and oxygen atoms in total. The molecule has 1 atom stereocenters. The summed E-state index contributed by atoms with van der Waals surface area (Å²) in [5, 5.41) is 12.4. The van der Waals surface area contributed by atoms with Gasteiger partial charge in [0.25, 0.3) is 5.91 Å². The third-order valence-corrected chi connectivity index (χ3v) is 6.10. The Morgan fingerprint density at radius 3 is 2.59 bits per heavy atom. The van der Waals surface area contributed by atoms with E-state index in [0.29, 0.717) is 11.6 Å². The lowest BCUT2D eigenvalue weighted by Crippen LogP contribution is -2.45. The van der Waals surface area contributed by atoms with Crippen molar-refractivity contribution in [1.82, 2.24) is 0 Å². The zero-order chi connectivity index (χ0) is 21.3. The maximum absolute atomic E-state index is 12.6. The number of aryl methyl sites for hydroxylation is 2. The van der Waals surface area contributed by atoms with E-state index in [2.05, 4.69) is 50.2 Å². The molecule has 0 radical (unpaired) electrons. The van der Waals surface area contributed by atoms with Crippen molar-refractivity contribution >= 4 is 23.4 Å². The number of benzene rings is 2. The molecule has 3 rings (SSSR count). The largest absolute Gasteiger partial charge is 0.369 e. The third kappa shape index (κ3) is 4.19. The van der Waals surface area contributed by atoms with Crippen molar-refractivity contribution in [1.29, 1.82) is 5.26 Å². The molecular formula is C25H29N3O. The van der Waals surface area contributed by atoms with Gasteiger partial charge in [-0.1, -0.05) is 19.1 Å². The third-order valence-electron chi connectivity index (χ3n) is 6.10. The highest BCUT2D eigenvalue weighted by atomic mass is 16.1. The Bertz CT molecular complexity index is 1030. The molecule has 1 unspecified atom stereocenters. The molecule has 0 saturated heterocycles. The van der Waals surface area contributed by atoms with E-state index in [1.54, 1.807) is 6.08 Å². The quantitative estimate of drug-likeness (QED) is 0.553. The summed E-state index contributed by atoms with van der Waals surface area (Å²) in [4.78, 5) is 14.9. The van der Waals surface area contributed by atoms with Crippen LogP contribution in [0.15, 0.2) is 42.0 Å². The monoisotopic (exact) mass is 387 g/mol. The zero-order valence-electron chi connectivity index (χ0n) is 18.1. The molecule has 4 heteroatoms. The fourth-order valence-electron chi connectivity index (χ4n) is 4.02. The van der Waals surface area contributed by atoms with Gasteiger partial charge in [0.15, 0.2) is 0 Å². The molecule has 2 aromatic carbocycles. The first-order valence-electron chi connectivity index (χ1n) is 10.0. The van der Waals surface area contributed by atoms with Crippen LogP contribution in [-0.4, -0.2) is 18.5 Å². The summed E-state index contributed by atoms with van der Waals surface area (Å²) >= 11 is 0. The first kappa shape index (κ1) is 20.7. The summed E-state index contributed by atoms with van der Waals surface area (Å²) in [5.41, 5.74) is 6.50. The Kier molecular flexibility index (Phi) is 5.53. The fourth-order valence-corrected chi connectivity index (χ4v) is 4.02. The van der Waals surface area contributed by atoms with Gasteiger partial charge < -0.3 is 10.2 Å². The minimum Gasteiger partial charge on any atom is -0.369 e. The van der Waals surface area contributed by atoms with E-state index in [-0.39, 0.29) is 17.0 Å². The van der Waals surface area contributed by atoms with Gasteiger partial charge in [-0.25, -0.2) is 0 Å². The molecule has 1 amide bonds. The standard InChI is InChI=1S/C25H29N3O/c1-16-7-9-21(11-17(16)2)27-24(29)20(15-26)12-19-8-10-23-22(13-19)18(3)14-25(4,5)28(23)6/h7-13,18H,14H2,1-6H3,(H,27,29)/b20-12+. The summed E-state index contributed by atoms with van der Waals surface area (Å²) in [7, 11) is 2.12. The van der Waals surface area contributed by atoms with E-state index in [9.17, 15) is 10.1 Å². The molecule has 0 saturated carbocycles. The summed E-state index contributed by atoms with van der Waals surface area (Å²) in [6.07, 6.45) is 2.73. The topological polar surface area (TPSA) is 56.1 Å². The van der Waals surface area contributed by atoms with Crippen LogP contribution in [0.5, 0.6) is 0 Å². The number of hydrogen-bond donors (Lipinski definition) is 1. The maximum Gasteiger partial charge on any atom is 0.266 e. The van der Waals surface area contributed by atoms with Gasteiger partial charge in [0.2, 0.25) is 0 Å². The Labute approximate surface area is 173 Å². The van der Waals surface area contributed by atoms with Gasteiger partial charge in [0, 0.05) is 24.0 Å². The number of nitrogens with one attached hydrogen (secondary N) is 1. The van der Waals surface area contributed by atoms with Gasteiger partial charge >= 0.3 is 0 Å². The highest BCUT2D eigenvalue weighted by Crippen LogP contribution is 2.42. The van der Waals surface area contributed by atoms with Gasteiger partial charge in [-0.2, -0.15) is 5.26 Å². The highest BCUT2D eigenvalue weighted by Gasteiger charge is 2.33. The second kappa shape index (κ2) is 7.75. The van der Waals surface area contributed by atoms with Crippen molar-refractivity contribution in [2.45, 2.75) is 52.5 Å². The lowest BCUT2D eigenvalue weighted by Gasteiger charge is -2.45. The molecular weight excluding hydrogens is 358 g/mol. The number of anilines is 2. The van der Waals surface area contributed by atoms with E-state index in [4.69, 9.17) is 0 Å². The minimum absolute atomic E-state index is 0.0975. The maximum atomic E-state index is 12.6. The molecule has 0 aliphatic carbocycles. The van der Waals surface area contributed by atoms with Crippen molar-refractivity contribution in [3.05, 3.63) is 64.2 Å². The zero-order valence-corrected chi connectivity index (χ0v) is 18.1. The molecule has 1 aliphatic heterocycles. The Morgan fingerprint density at radius 2 is 1.93 bits per heavy atom. The van der Waals surface area contributed by atoms with E-state index in [1.165, 1.54) is 11.3 Å². The number of amides is 1. The molecule has 0 fully saturated rings. The fraction of sp³-hybridized carbons (Fsp3) is 0.360. The highest BCUT2D eigenvalue weighted by molar-refractivity contribution is 6.09. The van der Waals surface area contributed by atoms with Crippen LogP contribution < -0.4 is 10.2 Å². The molecule has 2 aromatic rings. The van der Waals surface area contributed by atoms with Crippen molar-refractivity contribution in [2.75, 3.05) is 17.3 Å². The smallest absolute Gasteiger partial charge is 0.266 e. The van der Waals surface area contributed by atoms with Crippen LogP contribution in [0.2, 0.25) is 0 Å². The molecule has 150 valence electrons. The van der Waals surface area contributed by atoms with Crippen LogP contribution in [0.25, 0.3) is 6.08 Å². The van der Waals surface area contributed by atoms with Gasteiger partial charge in [0.05, 0.1) is 0 Å². The number of carbonyl (C=O) groups excluding carboxylic acids is 1. The van der Waals surface area contributed by atoms with Crippen LogP contribution in [-0.2, 0) is 4.79 Å². The molecule has 29 heavy (non-hydrogen) atoms. The average Bonchev–Trinajstić information content (AvgIpc) is 2.67. The molecule has 0 spiro atoms. The van der Waals surface area contributed by atoms with Gasteiger partial charge in [-0.05, 0) is 92.6 Å². The molecule has 0 aromatic heterocycles. The summed E-state index contributed by atoms with van der Waals surface area (Å²) in [5.74, 6) is 0.0271. The van der Waals surface area contributed by atoms with Crippen LogP contribution in [0.4, 0.5) is 11.4 Å². The van der Waals surface area contributed by atoms with E-state index in [1.807, 2.05) is 44.2 Å². The van der Waals surface area contributed by atoms with Gasteiger partial charge in [0.1, 0.15) is 11.6 Å². The number of fused-ring (bicyclic) bond motifs is 1. The number of nitriles is 1. The van der Waals surface area contributed by atoms with Crippen LogP contribution in [0.1, 0.15) is 55.4 Å². The van der Waals surface area contributed by atoms with E-state index >= 15 is 0 Å². The van der Waals surface area contributed by atoms with Crippen molar-refractivity contribution < 1.29 is 4.79 Å². The average molecular weight is 388 g/mol. The number of nitrogens with zero attached hydrogens (tertiary/aromatic N) is 2. The Balaban J connectivity index is 1.88. The van der Waals surface area contributed by atoms with Crippen molar-refractivity contribution in [3.8, 4) is 6.07 Å². The van der Waals surface area contributed by atoms with Crippen LogP contribution in [0.3, 0.4) is 0 Å². The van der Waals surface area contributed by atoms with Crippen LogP contribution >= 0.6 is 0 Å². The molecule has 1 heterocycles. The lowest BCUT2D eigenvalue weighted by atomic mass is 9.80. The summed E-state index contributed by atoms with van der Waals surface area (Å²) in [6, 6.07) is 14.0. The van der Waals surface area contributed by atoms with Gasteiger partial charge in [-0.3, -0.25) is 4.79 Å². The first-order chi connectivity index (χ1) is 13.6. The van der Waals surface area contributed by atoms with E-state index in [0.717, 1.165) is 23.1 Å². The second-order valence-corrected chi connectivity index (χ2v) is 8.72. The first-order valence-corrected chi connectivity index (χ1v) is 10.0. The van der Waals surface area contributed by atoms with E-state index < -0.39 is 0 Å².